The summed E-state index contributed by atoms with van der Waals surface area (Å²) >= 11 is 0. The number of benzene rings is 1. The zero-order valence-electron chi connectivity index (χ0n) is 11.4. The van der Waals surface area contributed by atoms with Crippen LogP contribution in [-0.2, 0) is 11.2 Å². The number of aryl methyl sites for hydroxylation is 1. The van der Waals surface area contributed by atoms with Crippen molar-refractivity contribution in [2.45, 2.75) is 39.7 Å². The highest BCUT2D eigenvalue weighted by atomic mass is 16.6. The molecule has 0 bridgehead atoms. The number of hydrogen-bond acceptors (Lipinski definition) is 2. The van der Waals surface area contributed by atoms with Crippen LogP contribution in [0.1, 0.15) is 43.0 Å². The minimum absolute atomic E-state index is 0.161. The highest BCUT2D eigenvalue weighted by Crippen LogP contribution is 2.32. The number of rotatable bonds is 2. The Morgan fingerprint density at radius 1 is 1.44 bits per heavy atom. The average molecular weight is 247 g/mol. The second-order valence-electron chi connectivity index (χ2n) is 4.77. The van der Waals surface area contributed by atoms with Crippen LogP contribution >= 0.6 is 0 Å². The monoisotopic (exact) mass is 247 g/mol. The van der Waals surface area contributed by atoms with E-state index in [9.17, 15) is 4.79 Å². The van der Waals surface area contributed by atoms with Crippen molar-refractivity contribution in [2.75, 3.05) is 13.2 Å². The predicted octanol–water partition coefficient (Wildman–Crippen LogP) is 3.46. The Morgan fingerprint density at radius 2 is 2.22 bits per heavy atom. The fraction of sp³-hybridized carbons (Fsp3) is 0.533. The molecule has 1 aliphatic heterocycles. The quantitative estimate of drug-likeness (QED) is 0.801. The van der Waals surface area contributed by atoms with Crippen molar-refractivity contribution in [1.29, 1.82) is 0 Å². The van der Waals surface area contributed by atoms with E-state index in [0.29, 0.717) is 6.61 Å². The van der Waals surface area contributed by atoms with Crippen molar-refractivity contribution in [3.63, 3.8) is 0 Å². The topological polar surface area (TPSA) is 29.5 Å². The lowest BCUT2D eigenvalue weighted by molar-refractivity contribution is 0.0855. The van der Waals surface area contributed by atoms with Crippen LogP contribution < -0.4 is 0 Å². The van der Waals surface area contributed by atoms with Crippen LogP contribution in [0.4, 0.5) is 4.79 Å². The molecule has 1 atom stereocenters. The third-order valence-corrected chi connectivity index (χ3v) is 3.54. The molecule has 0 saturated carbocycles. The number of fused-ring (bicyclic) bond motifs is 1. The van der Waals surface area contributed by atoms with Crippen LogP contribution in [0.15, 0.2) is 18.2 Å². The van der Waals surface area contributed by atoms with Gasteiger partial charge in [0.2, 0.25) is 0 Å². The number of carbonyl (C=O) groups is 1. The highest BCUT2D eigenvalue weighted by molar-refractivity contribution is 5.69. The van der Waals surface area contributed by atoms with Gasteiger partial charge >= 0.3 is 6.09 Å². The van der Waals surface area contributed by atoms with Gasteiger partial charge in [-0.15, -0.1) is 0 Å². The summed E-state index contributed by atoms with van der Waals surface area (Å²) in [6.07, 6.45) is 1.66. The summed E-state index contributed by atoms with van der Waals surface area (Å²) in [5.74, 6) is 0. The number of amides is 1. The summed E-state index contributed by atoms with van der Waals surface area (Å²) in [6.45, 7) is 7.27. The van der Waals surface area contributed by atoms with Crippen LogP contribution in [0, 0.1) is 6.92 Å². The SMILES string of the molecule is CCOC(=O)N1CCc2cc(C)ccc2C1CC. The van der Waals surface area contributed by atoms with Crippen molar-refractivity contribution in [1.82, 2.24) is 4.90 Å². The first kappa shape index (κ1) is 12.9. The maximum atomic E-state index is 11.9. The van der Waals surface area contributed by atoms with Crippen molar-refractivity contribution >= 4 is 6.09 Å². The van der Waals surface area contributed by atoms with E-state index in [1.165, 1.54) is 16.7 Å². The van der Waals surface area contributed by atoms with Gasteiger partial charge in [-0.2, -0.15) is 0 Å². The molecule has 3 nitrogen and oxygen atoms in total. The smallest absolute Gasteiger partial charge is 0.410 e. The third-order valence-electron chi connectivity index (χ3n) is 3.54. The van der Waals surface area contributed by atoms with Gasteiger partial charge in [0.25, 0.3) is 0 Å². The lowest BCUT2D eigenvalue weighted by atomic mass is 9.90. The molecule has 1 aromatic rings. The molecule has 0 N–H and O–H groups in total. The van der Waals surface area contributed by atoms with Crippen LogP contribution in [-0.4, -0.2) is 24.1 Å². The summed E-state index contributed by atoms with van der Waals surface area (Å²) < 4.78 is 5.14. The van der Waals surface area contributed by atoms with Gasteiger partial charge in [-0.1, -0.05) is 30.7 Å². The van der Waals surface area contributed by atoms with E-state index in [1.807, 2.05) is 11.8 Å². The van der Waals surface area contributed by atoms with Crippen molar-refractivity contribution in [3.05, 3.63) is 34.9 Å². The van der Waals surface area contributed by atoms with Gasteiger partial charge in [0.15, 0.2) is 0 Å². The number of ether oxygens (including phenoxy) is 1. The van der Waals surface area contributed by atoms with Gasteiger partial charge in [0.05, 0.1) is 12.6 Å². The normalized spacial score (nSPS) is 18.4. The summed E-state index contributed by atoms with van der Waals surface area (Å²) in [7, 11) is 0. The first-order valence-electron chi connectivity index (χ1n) is 6.70. The minimum Gasteiger partial charge on any atom is -0.450 e. The number of nitrogens with zero attached hydrogens (tertiary/aromatic N) is 1. The Bertz CT molecular complexity index is 442. The van der Waals surface area contributed by atoms with Gasteiger partial charge in [0.1, 0.15) is 0 Å². The van der Waals surface area contributed by atoms with Gasteiger partial charge in [-0.3, -0.25) is 0 Å². The molecular formula is C15H21NO2. The third kappa shape index (κ3) is 2.35. The maximum Gasteiger partial charge on any atom is 0.410 e. The van der Waals surface area contributed by atoms with Gasteiger partial charge in [-0.05, 0) is 37.8 Å². The zero-order chi connectivity index (χ0) is 13.1. The van der Waals surface area contributed by atoms with E-state index in [2.05, 4.69) is 32.0 Å². The molecule has 1 aromatic carbocycles. The van der Waals surface area contributed by atoms with E-state index in [0.717, 1.165) is 19.4 Å². The van der Waals surface area contributed by atoms with Gasteiger partial charge in [-0.25, -0.2) is 4.79 Å². The zero-order valence-corrected chi connectivity index (χ0v) is 11.4. The molecule has 18 heavy (non-hydrogen) atoms. The molecule has 1 aliphatic rings. The Balaban J connectivity index is 2.29. The van der Waals surface area contributed by atoms with Gasteiger partial charge in [0, 0.05) is 6.54 Å². The van der Waals surface area contributed by atoms with E-state index in [-0.39, 0.29) is 12.1 Å². The molecule has 1 amide bonds. The van der Waals surface area contributed by atoms with Crippen LogP contribution in [0.5, 0.6) is 0 Å². The molecule has 1 heterocycles. The lowest BCUT2D eigenvalue weighted by Crippen LogP contribution is -2.40. The Hall–Kier alpha value is -1.51. The molecule has 0 saturated heterocycles. The average Bonchev–Trinajstić information content (AvgIpc) is 2.37. The number of hydrogen-bond donors (Lipinski definition) is 0. The molecule has 2 rings (SSSR count). The molecule has 0 fully saturated rings. The second-order valence-corrected chi connectivity index (χ2v) is 4.77. The first-order chi connectivity index (χ1) is 8.67. The largest absolute Gasteiger partial charge is 0.450 e. The first-order valence-corrected chi connectivity index (χ1v) is 6.70. The predicted molar refractivity (Wildman–Crippen MR) is 71.6 cm³/mol. The standard InChI is InChI=1S/C15H21NO2/c1-4-14-13-7-6-11(3)10-12(13)8-9-16(14)15(17)18-5-2/h6-7,10,14H,4-5,8-9H2,1-3H3. The van der Waals surface area contributed by atoms with E-state index in [4.69, 9.17) is 4.74 Å². The minimum atomic E-state index is -0.185. The van der Waals surface area contributed by atoms with Crippen molar-refractivity contribution in [2.24, 2.45) is 0 Å². The van der Waals surface area contributed by atoms with Crippen molar-refractivity contribution < 1.29 is 9.53 Å². The molecule has 98 valence electrons. The van der Waals surface area contributed by atoms with Crippen LogP contribution in [0.2, 0.25) is 0 Å². The summed E-state index contributed by atoms with van der Waals surface area (Å²) in [5.41, 5.74) is 3.94. The van der Waals surface area contributed by atoms with Gasteiger partial charge < -0.3 is 9.64 Å². The Morgan fingerprint density at radius 3 is 2.89 bits per heavy atom. The van der Waals surface area contributed by atoms with Crippen molar-refractivity contribution in [3.8, 4) is 0 Å². The second kappa shape index (κ2) is 5.42. The fourth-order valence-electron chi connectivity index (χ4n) is 2.71. The van der Waals surface area contributed by atoms with E-state index < -0.39 is 0 Å². The Labute approximate surface area is 109 Å². The Kier molecular flexibility index (Phi) is 3.90. The fourth-order valence-corrected chi connectivity index (χ4v) is 2.71. The molecule has 1 unspecified atom stereocenters. The van der Waals surface area contributed by atoms with Crippen LogP contribution in [0.3, 0.4) is 0 Å². The van der Waals surface area contributed by atoms with Crippen LogP contribution in [0.25, 0.3) is 0 Å². The maximum absolute atomic E-state index is 11.9. The number of carbonyl (C=O) groups excluding carboxylic acids is 1. The lowest BCUT2D eigenvalue weighted by Gasteiger charge is -2.36. The summed E-state index contributed by atoms with van der Waals surface area (Å²) in [5, 5.41) is 0. The molecule has 3 heteroatoms. The van der Waals surface area contributed by atoms with E-state index >= 15 is 0 Å². The highest BCUT2D eigenvalue weighted by Gasteiger charge is 2.30. The molecule has 0 aliphatic carbocycles. The molecular weight excluding hydrogens is 226 g/mol. The summed E-state index contributed by atoms with van der Waals surface area (Å²) in [6, 6.07) is 6.68. The van der Waals surface area contributed by atoms with E-state index in [1.54, 1.807) is 0 Å². The molecule has 0 aromatic heterocycles. The summed E-state index contributed by atoms with van der Waals surface area (Å²) in [4.78, 5) is 13.8. The molecule has 0 spiro atoms. The molecule has 0 radical (unpaired) electrons.